The molecule has 0 unspecified atom stereocenters. The average Bonchev–Trinajstić information content (AvgIpc) is 2.77. The number of ether oxygens (including phenoxy) is 1. The maximum atomic E-state index is 12.6. The fraction of sp³-hybridized carbons (Fsp3) is 0.318. The van der Waals surface area contributed by atoms with Gasteiger partial charge in [-0.15, -0.1) is 0 Å². The summed E-state index contributed by atoms with van der Waals surface area (Å²) < 4.78 is 29.7. The van der Waals surface area contributed by atoms with Crippen molar-refractivity contribution in [2.75, 3.05) is 18.0 Å². The van der Waals surface area contributed by atoms with Gasteiger partial charge in [-0.05, 0) is 36.6 Å². The normalized spacial score (nSPS) is 15.0. The number of amides is 1. The van der Waals surface area contributed by atoms with Crippen LogP contribution in [0.3, 0.4) is 0 Å². The molecule has 160 valence electrons. The van der Waals surface area contributed by atoms with E-state index in [1.807, 2.05) is 24.3 Å². The highest BCUT2D eigenvalue weighted by Gasteiger charge is 2.21. The van der Waals surface area contributed by atoms with E-state index < -0.39 is 12.5 Å². The van der Waals surface area contributed by atoms with E-state index in [4.69, 9.17) is 5.21 Å². The van der Waals surface area contributed by atoms with E-state index in [2.05, 4.69) is 15.0 Å². The molecule has 0 atom stereocenters. The van der Waals surface area contributed by atoms with Crippen LogP contribution in [0.5, 0.6) is 5.75 Å². The third-order valence-corrected chi connectivity index (χ3v) is 5.07. The second-order valence-corrected chi connectivity index (χ2v) is 7.00. The first-order valence-electron chi connectivity index (χ1n) is 9.79. The number of hydrogen-bond donors (Lipinski definition) is 3. The summed E-state index contributed by atoms with van der Waals surface area (Å²) in [6.45, 7) is -0.733. The molecule has 0 radical (unpaired) electrons. The summed E-state index contributed by atoms with van der Waals surface area (Å²) in [5.41, 5.74) is 4.21. The fourth-order valence-electron chi connectivity index (χ4n) is 3.56. The molecule has 1 saturated heterocycles. The zero-order valence-electron chi connectivity index (χ0n) is 16.4. The fourth-order valence-corrected chi connectivity index (χ4v) is 3.56. The molecule has 0 saturated carbocycles. The number of nitrogens with zero attached hydrogens (tertiary/aromatic N) is 1. The second kappa shape index (κ2) is 10.7. The van der Waals surface area contributed by atoms with Crippen LogP contribution in [0.15, 0.2) is 54.6 Å². The number of hydrogen-bond acceptors (Lipinski definition) is 5. The number of para-hydroxylation sites is 2. The Labute approximate surface area is 174 Å². The van der Waals surface area contributed by atoms with Crippen molar-refractivity contribution in [3.8, 4) is 5.75 Å². The maximum absolute atomic E-state index is 12.6. The number of carbonyl (C=O) groups excluding carboxylic acids is 1. The van der Waals surface area contributed by atoms with E-state index in [9.17, 15) is 13.6 Å². The topological polar surface area (TPSA) is 73.8 Å². The van der Waals surface area contributed by atoms with Gasteiger partial charge in [-0.3, -0.25) is 10.0 Å². The summed E-state index contributed by atoms with van der Waals surface area (Å²) in [5, 5.41) is 12.1. The monoisotopic (exact) mass is 417 g/mol. The first-order valence-corrected chi connectivity index (χ1v) is 9.79. The Bertz CT molecular complexity index is 868. The van der Waals surface area contributed by atoms with Crippen molar-refractivity contribution in [2.45, 2.75) is 32.0 Å². The van der Waals surface area contributed by atoms with Crippen LogP contribution in [0.1, 0.15) is 24.0 Å². The minimum Gasteiger partial charge on any atom is -0.434 e. The number of nitrogens with one attached hydrogen (secondary N) is 2. The molecule has 1 aliphatic heterocycles. The van der Waals surface area contributed by atoms with Crippen LogP contribution in [0.2, 0.25) is 0 Å². The van der Waals surface area contributed by atoms with Crippen molar-refractivity contribution in [3.63, 3.8) is 0 Å². The molecule has 6 nitrogen and oxygen atoms in total. The maximum Gasteiger partial charge on any atom is 0.387 e. The Morgan fingerprint density at radius 3 is 2.60 bits per heavy atom. The van der Waals surface area contributed by atoms with Crippen LogP contribution in [-0.2, 0) is 11.3 Å². The molecular formula is C22H25F2N3O3. The first kappa shape index (κ1) is 21.7. The van der Waals surface area contributed by atoms with Gasteiger partial charge in [-0.2, -0.15) is 8.78 Å². The van der Waals surface area contributed by atoms with Crippen molar-refractivity contribution in [3.05, 3.63) is 65.7 Å². The minimum atomic E-state index is -2.84. The molecule has 2 aromatic rings. The SMILES string of the molecule is O=C(/C=C/c1ccccc1N1CCC(NCc2ccccc2OC(F)F)CC1)NO. The number of alkyl halides is 2. The Morgan fingerprint density at radius 1 is 1.17 bits per heavy atom. The molecule has 3 rings (SSSR count). The number of halogens is 2. The quantitative estimate of drug-likeness (QED) is 0.348. The number of benzene rings is 2. The lowest BCUT2D eigenvalue weighted by atomic mass is 10.0. The van der Waals surface area contributed by atoms with Crippen LogP contribution in [-0.4, -0.2) is 36.9 Å². The van der Waals surface area contributed by atoms with Crippen LogP contribution in [0, 0.1) is 0 Å². The molecule has 0 bridgehead atoms. The van der Waals surface area contributed by atoms with E-state index >= 15 is 0 Å². The Balaban J connectivity index is 1.56. The molecule has 3 N–H and O–H groups in total. The summed E-state index contributed by atoms with van der Waals surface area (Å²) >= 11 is 0. The minimum absolute atomic E-state index is 0.199. The Hall–Kier alpha value is -2.97. The number of hydroxylamine groups is 1. The Kier molecular flexibility index (Phi) is 7.75. The standard InChI is InChI=1S/C22H25F2N3O3/c23-22(24)30-20-8-4-2-6-17(20)15-25-18-11-13-27(14-12-18)19-7-3-1-5-16(19)9-10-21(28)26-29/h1-10,18,22,25,29H,11-15H2,(H,26,28)/b10-9+. The molecule has 8 heteroatoms. The lowest BCUT2D eigenvalue weighted by Crippen LogP contribution is -2.42. The van der Waals surface area contributed by atoms with Gasteiger partial charge in [0.05, 0.1) is 0 Å². The summed E-state index contributed by atoms with van der Waals surface area (Å²) in [4.78, 5) is 13.5. The third kappa shape index (κ3) is 6.01. The molecule has 0 spiro atoms. The number of carbonyl (C=O) groups is 1. The molecule has 1 heterocycles. The molecule has 30 heavy (non-hydrogen) atoms. The molecule has 1 aliphatic rings. The number of rotatable bonds is 8. The highest BCUT2D eigenvalue weighted by Crippen LogP contribution is 2.26. The Morgan fingerprint density at radius 2 is 1.87 bits per heavy atom. The van der Waals surface area contributed by atoms with Crippen molar-refractivity contribution in [2.24, 2.45) is 0 Å². The van der Waals surface area contributed by atoms with E-state index in [0.29, 0.717) is 12.1 Å². The smallest absolute Gasteiger partial charge is 0.387 e. The first-order chi connectivity index (χ1) is 14.6. The summed E-state index contributed by atoms with van der Waals surface area (Å²) in [5.74, 6) is -0.381. The van der Waals surface area contributed by atoms with Gasteiger partial charge in [-0.1, -0.05) is 36.4 Å². The van der Waals surface area contributed by atoms with Gasteiger partial charge in [0.2, 0.25) is 0 Å². The molecule has 1 fully saturated rings. The van der Waals surface area contributed by atoms with Crippen molar-refractivity contribution < 1.29 is 23.5 Å². The van der Waals surface area contributed by atoms with Gasteiger partial charge in [-0.25, -0.2) is 5.48 Å². The molecule has 1 amide bonds. The summed E-state index contributed by atoms with van der Waals surface area (Å²) in [7, 11) is 0. The summed E-state index contributed by atoms with van der Waals surface area (Å²) in [6, 6.07) is 14.8. The molecular weight excluding hydrogens is 392 g/mol. The van der Waals surface area contributed by atoms with Crippen LogP contribution < -0.4 is 20.4 Å². The van der Waals surface area contributed by atoms with E-state index in [-0.39, 0.29) is 11.8 Å². The molecule has 0 aromatic heterocycles. The van der Waals surface area contributed by atoms with Gasteiger partial charge in [0.1, 0.15) is 5.75 Å². The largest absolute Gasteiger partial charge is 0.434 e. The lowest BCUT2D eigenvalue weighted by Gasteiger charge is -2.35. The van der Waals surface area contributed by atoms with Gasteiger partial charge >= 0.3 is 6.61 Å². The van der Waals surface area contributed by atoms with E-state index in [1.54, 1.807) is 35.8 Å². The average molecular weight is 417 g/mol. The van der Waals surface area contributed by atoms with Gasteiger partial charge in [0.25, 0.3) is 5.91 Å². The van der Waals surface area contributed by atoms with Gasteiger partial charge in [0.15, 0.2) is 0 Å². The van der Waals surface area contributed by atoms with Crippen LogP contribution in [0.25, 0.3) is 6.08 Å². The predicted octanol–water partition coefficient (Wildman–Crippen LogP) is 3.57. The van der Waals surface area contributed by atoms with Crippen molar-refractivity contribution >= 4 is 17.7 Å². The van der Waals surface area contributed by atoms with Gasteiger partial charge in [0, 0.05) is 43.0 Å². The third-order valence-electron chi connectivity index (χ3n) is 5.07. The lowest BCUT2D eigenvalue weighted by molar-refractivity contribution is -0.124. The van der Waals surface area contributed by atoms with E-state index in [0.717, 1.165) is 37.2 Å². The van der Waals surface area contributed by atoms with Crippen molar-refractivity contribution in [1.82, 2.24) is 10.8 Å². The van der Waals surface area contributed by atoms with Crippen LogP contribution >= 0.6 is 0 Å². The molecule has 0 aliphatic carbocycles. The number of piperidine rings is 1. The van der Waals surface area contributed by atoms with Crippen molar-refractivity contribution in [1.29, 1.82) is 0 Å². The van der Waals surface area contributed by atoms with E-state index in [1.165, 1.54) is 6.08 Å². The molecule has 2 aromatic carbocycles. The van der Waals surface area contributed by atoms with Crippen LogP contribution in [0.4, 0.5) is 14.5 Å². The highest BCUT2D eigenvalue weighted by molar-refractivity contribution is 5.91. The highest BCUT2D eigenvalue weighted by atomic mass is 19.3. The van der Waals surface area contributed by atoms with Gasteiger partial charge < -0.3 is 15.0 Å². The zero-order valence-corrected chi connectivity index (χ0v) is 16.4. The summed E-state index contributed by atoms with van der Waals surface area (Å²) in [6.07, 6.45) is 4.75. The zero-order chi connectivity index (χ0) is 21.3. The predicted molar refractivity (Wildman–Crippen MR) is 111 cm³/mol. The number of anilines is 1. The second-order valence-electron chi connectivity index (χ2n) is 7.00.